The lowest BCUT2D eigenvalue weighted by Gasteiger charge is -1.94. The average Bonchev–Trinajstić information content (AvgIpc) is 3.04. The van der Waals surface area contributed by atoms with Gasteiger partial charge in [0.15, 0.2) is 5.58 Å². The maximum atomic E-state index is 12.3. The second-order valence-corrected chi connectivity index (χ2v) is 7.00. The highest BCUT2D eigenvalue weighted by Crippen LogP contribution is 2.24. The zero-order valence-electron chi connectivity index (χ0n) is 11.0. The Bertz CT molecular complexity index is 776. The monoisotopic (exact) mass is 306 g/mol. The number of nitrogens with two attached hydrogens (primary N) is 1. The van der Waals surface area contributed by atoms with Crippen LogP contribution in [0.3, 0.4) is 0 Å². The van der Waals surface area contributed by atoms with E-state index >= 15 is 0 Å². The predicted molar refractivity (Wildman–Crippen MR) is 82.2 cm³/mol. The van der Waals surface area contributed by atoms with Crippen molar-refractivity contribution in [3.8, 4) is 0 Å². The number of nitrogen functional groups attached to an aromatic ring is 1. The molecule has 0 spiro atoms. The number of hydrogen-bond acceptors (Lipinski definition) is 5. The van der Waals surface area contributed by atoms with E-state index in [1.54, 1.807) is 29.5 Å². The van der Waals surface area contributed by atoms with E-state index in [1.807, 2.05) is 6.07 Å². The summed E-state index contributed by atoms with van der Waals surface area (Å²) in [5.74, 6) is 0.437. The van der Waals surface area contributed by atoms with Crippen molar-refractivity contribution >= 4 is 38.9 Å². The Hall–Kier alpha value is -1.66. The van der Waals surface area contributed by atoms with Gasteiger partial charge in [0, 0.05) is 21.5 Å². The lowest BCUT2D eigenvalue weighted by molar-refractivity contribution is 0.477. The van der Waals surface area contributed by atoms with Gasteiger partial charge in [-0.25, -0.2) is 9.19 Å². The highest BCUT2D eigenvalue weighted by Gasteiger charge is 2.14. The van der Waals surface area contributed by atoms with E-state index < -0.39 is 10.8 Å². The molecule has 0 radical (unpaired) electrons. The van der Waals surface area contributed by atoms with Crippen molar-refractivity contribution in [1.29, 1.82) is 0 Å². The van der Waals surface area contributed by atoms with Crippen LogP contribution in [0.1, 0.15) is 16.7 Å². The third kappa shape index (κ3) is 2.62. The normalized spacial score (nSPS) is 12.8. The van der Waals surface area contributed by atoms with Crippen LogP contribution < -0.4 is 5.73 Å². The summed E-state index contributed by atoms with van der Waals surface area (Å²) in [6.07, 6.45) is 0.999. The van der Waals surface area contributed by atoms with E-state index in [0.717, 1.165) is 11.3 Å². The Morgan fingerprint density at radius 2 is 2.10 bits per heavy atom. The molecule has 0 aliphatic carbocycles. The first-order chi connectivity index (χ1) is 9.65. The molecule has 0 aliphatic heterocycles. The number of oxazole rings is 1. The summed E-state index contributed by atoms with van der Waals surface area (Å²) >= 11 is 1.68. The number of fused-ring (bicyclic) bond motifs is 1. The van der Waals surface area contributed by atoms with Gasteiger partial charge in [0.25, 0.3) is 5.22 Å². The largest absolute Gasteiger partial charge is 0.430 e. The standard InChI is InChI=1S/C14H14N2O2S2/c1-2-10-4-5-11(19-10)8-20(17)14-16-12-6-3-9(15)7-13(12)18-14/h3-7H,2,8,15H2,1H3. The van der Waals surface area contributed by atoms with Gasteiger partial charge in [0.05, 0.1) is 5.75 Å². The first-order valence-corrected chi connectivity index (χ1v) is 8.41. The Labute approximate surface area is 123 Å². The van der Waals surface area contributed by atoms with Gasteiger partial charge in [-0.2, -0.15) is 0 Å². The quantitative estimate of drug-likeness (QED) is 0.751. The van der Waals surface area contributed by atoms with Crippen molar-refractivity contribution in [2.75, 3.05) is 5.73 Å². The summed E-state index contributed by atoms with van der Waals surface area (Å²) in [7, 11) is -1.27. The van der Waals surface area contributed by atoms with Crippen LogP contribution in [0.15, 0.2) is 40.0 Å². The fourth-order valence-electron chi connectivity index (χ4n) is 1.90. The van der Waals surface area contributed by atoms with Crippen molar-refractivity contribution in [2.24, 2.45) is 0 Å². The first kappa shape index (κ1) is 13.3. The number of hydrogen-bond donors (Lipinski definition) is 1. The summed E-state index contributed by atoms with van der Waals surface area (Å²) in [6, 6.07) is 9.31. The Balaban J connectivity index is 1.84. The molecule has 0 bridgehead atoms. The molecule has 2 aromatic heterocycles. The molecule has 2 N–H and O–H groups in total. The molecule has 6 heteroatoms. The minimum Gasteiger partial charge on any atom is -0.430 e. The van der Waals surface area contributed by atoms with Crippen LogP contribution in [-0.2, 0) is 23.0 Å². The molecule has 0 fully saturated rings. The number of anilines is 1. The molecular weight excluding hydrogens is 292 g/mol. The van der Waals surface area contributed by atoms with Gasteiger partial charge in [0.2, 0.25) is 0 Å². The molecule has 2 heterocycles. The first-order valence-electron chi connectivity index (χ1n) is 6.27. The van der Waals surface area contributed by atoms with Crippen molar-refractivity contribution in [3.63, 3.8) is 0 Å². The van der Waals surface area contributed by atoms with Gasteiger partial charge >= 0.3 is 0 Å². The van der Waals surface area contributed by atoms with Crippen molar-refractivity contribution < 1.29 is 8.63 Å². The molecule has 1 atom stereocenters. The van der Waals surface area contributed by atoms with Crippen LogP contribution in [0.4, 0.5) is 5.69 Å². The fourth-order valence-corrected chi connectivity index (χ4v) is 4.07. The fraction of sp³-hybridized carbons (Fsp3) is 0.214. The van der Waals surface area contributed by atoms with Gasteiger partial charge in [-0.1, -0.05) is 6.92 Å². The van der Waals surface area contributed by atoms with E-state index in [2.05, 4.69) is 18.0 Å². The van der Waals surface area contributed by atoms with Crippen LogP contribution >= 0.6 is 11.3 Å². The van der Waals surface area contributed by atoms with Crippen molar-refractivity contribution in [2.45, 2.75) is 24.3 Å². The second-order valence-electron chi connectivity index (χ2n) is 4.42. The molecule has 0 aliphatic rings. The molecule has 3 rings (SSSR count). The lowest BCUT2D eigenvalue weighted by Crippen LogP contribution is -1.94. The smallest absolute Gasteiger partial charge is 0.288 e. The minimum atomic E-state index is -1.27. The second kappa shape index (κ2) is 5.38. The number of thiophene rings is 1. The number of aromatic nitrogens is 1. The Morgan fingerprint density at radius 1 is 1.30 bits per heavy atom. The molecule has 20 heavy (non-hydrogen) atoms. The molecule has 1 aromatic carbocycles. The van der Waals surface area contributed by atoms with Gasteiger partial charge in [-0.05, 0) is 30.7 Å². The van der Waals surface area contributed by atoms with Crippen LogP contribution in [0.5, 0.6) is 0 Å². The predicted octanol–water partition coefficient (Wildman–Crippen LogP) is 3.34. The highest BCUT2D eigenvalue weighted by atomic mass is 32.2. The van der Waals surface area contributed by atoms with Gasteiger partial charge < -0.3 is 10.2 Å². The number of benzene rings is 1. The molecule has 4 nitrogen and oxygen atoms in total. The molecular formula is C14H14N2O2S2. The van der Waals surface area contributed by atoms with Crippen molar-refractivity contribution in [3.05, 3.63) is 40.1 Å². The van der Waals surface area contributed by atoms with E-state index in [0.29, 0.717) is 22.5 Å². The Morgan fingerprint density at radius 3 is 2.85 bits per heavy atom. The SMILES string of the molecule is CCc1ccc(CS(=O)c2nc3ccc(N)cc3o2)s1. The summed E-state index contributed by atoms with van der Waals surface area (Å²) in [4.78, 5) is 6.64. The molecule has 104 valence electrons. The minimum absolute atomic E-state index is 0.261. The molecule has 0 saturated carbocycles. The highest BCUT2D eigenvalue weighted by molar-refractivity contribution is 7.84. The lowest BCUT2D eigenvalue weighted by atomic mass is 10.3. The summed E-state index contributed by atoms with van der Waals surface area (Å²) in [6.45, 7) is 2.11. The number of nitrogens with zero attached hydrogens (tertiary/aromatic N) is 1. The maximum Gasteiger partial charge on any atom is 0.288 e. The van der Waals surface area contributed by atoms with Crippen LogP contribution in [0, 0.1) is 0 Å². The van der Waals surface area contributed by atoms with E-state index in [-0.39, 0.29) is 5.22 Å². The Kier molecular flexibility index (Phi) is 3.58. The third-order valence-electron chi connectivity index (χ3n) is 2.93. The topological polar surface area (TPSA) is 69.1 Å². The van der Waals surface area contributed by atoms with Gasteiger partial charge in [-0.15, -0.1) is 11.3 Å². The van der Waals surface area contributed by atoms with Crippen LogP contribution in [-0.4, -0.2) is 9.19 Å². The van der Waals surface area contributed by atoms with E-state index in [9.17, 15) is 4.21 Å². The van der Waals surface area contributed by atoms with Crippen LogP contribution in [0.25, 0.3) is 11.1 Å². The van der Waals surface area contributed by atoms with Crippen molar-refractivity contribution in [1.82, 2.24) is 4.98 Å². The van der Waals surface area contributed by atoms with Gasteiger partial charge in [-0.3, -0.25) is 0 Å². The molecule has 0 saturated heterocycles. The van der Waals surface area contributed by atoms with Gasteiger partial charge in [0.1, 0.15) is 16.3 Å². The average molecular weight is 306 g/mol. The summed E-state index contributed by atoms with van der Waals surface area (Å²) in [5, 5.41) is 0.261. The summed E-state index contributed by atoms with van der Waals surface area (Å²) < 4.78 is 17.8. The third-order valence-corrected chi connectivity index (χ3v) is 5.48. The van der Waals surface area contributed by atoms with Crippen LogP contribution in [0.2, 0.25) is 0 Å². The molecule has 3 aromatic rings. The molecule has 0 amide bonds. The molecule has 1 unspecified atom stereocenters. The zero-order valence-corrected chi connectivity index (χ0v) is 12.6. The number of rotatable bonds is 4. The summed E-state index contributed by atoms with van der Waals surface area (Å²) in [5.41, 5.74) is 7.56. The maximum absolute atomic E-state index is 12.3. The van der Waals surface area contributed by atoms with E-state index in [4.69, 9.17) is 10.2 Å². The zero-order chi connectivity index (χ0) is 14.1. The van der Waals surface area contributed by atoms with E-state index in [1.165, 1.54) is 4.88 Å². The number of aryl methyl sites for hydroxylation is 1.